The third-order valence-corrected chi connectivity index (χ3v) is 7.22. The number of nitrogens with zero attached hydrogens (tertiary/aromatic N) is 3. The number of hydrogen-bond acceptors (Lipinski definition) is 5. The van der Waals surface area contributed by atoms with Gasteiger partial charge in [-0.3, -0.25) is 9.36 Å². The first-order valence-electron chi connectivity index (χ1n) is 11.4. The molecule has 0 aliphatic heterocycles. The number of carbonyl (C=O) groups is 1. The highest BCUT2D eigenvalue weighted by atomic mass is 35.5. The molecule has 6 nitrogen and oxygen atoms in total. The number of nitrogens with one attached hydrogen (secondary N) is 1. The zero-order chi connectivity index (χ0) is 23.4. The van der Waals surface area contributed by atoms with Crippen LogP contribution in [0.4, 0.5) is 5.69 Å². The number of carbonyl (C=O) groups excluding carboxylic acids is 1. The van der Waals surface area contributed by atoms with E-state index < -0.39 is 0 Å². The van der Waals surface area contributed by atoms with Gasteiger partial charge in [0.1, 0.15) is 12.4 Å². The van der Waals surface area contributed by atoms with Crippen LogP contribution in [0.3, 0.4) is 0 Å². The number of amides is 1. The number of halogens is 1. The third-order valence-electron chi connectivity index (χ3n) is 5.85. The van der Waals surface area contributed by atoms with Gasteiger partial charge in [0.25, 0.3) is 0 Å². The summed E-state index contributed by atoms with van der Waals surface area (Å²) in [6, 6.07) is 15.7. The van der Waals surface area contributed by atoms with Crippen molar-refractivity contribution < 1.29 is 9.53 Å². The molecule has 0 saturated heterocycles. The van der Waals surface area contributed by atoms with Crippen LogP contribution in [0.15, 0.2) is 53.7 Å². The number of benzene rings is 2. The van der Waals surface area contributed by atoms with Gasteiger partial charge in [0.05, 0.1) is 10.3 Å². The first-order chi connectivity index (χ1) is 16.0. The lowest BCUT2D eigenvalue weighted by Crippen LogP contribution is -2.24. The molecule has 1 amide bonds. The smallest absolute Gasteiger partial charge is 0.237 e. The number of rotatable bonds is 10. The lowest BCUT2D eigenvalue weighted by Gasteiger charge is -2.18. The maximum absolute atomic E-state index is 13.0. The maximum Gasteiger partial charge on any atom is 0.237 e. The van der Waals surface area contributed by atoms with E-state index in [0.717, 1.165) is 41.5 Å². The van der Waals surface area contributed by atoms with Crippen LogP contribution in [0.1, 0.15) is 63.4 Å². The van der Waals surface area contributed by atoms with Crippen molar-refractivity contribution >= 4 is 35.0 Å². The molecule has 8 heteroatoms. The lowest BCUT2D eigenvalue weighted by atomic mass is 9.97. The average molecular weight is 485 g/mol. The molecular formula is C25H29ClN4O2S. The quantitative estimate of drug-likeness (QED) is 0.333. The predicted octanol–water partition coefficient (Wildman–Crippen LogP) is 6.48. The Morgan fingerprint density at radius 1 is 1.18 bits per heavy atom. The van der Waals surface area contributed by atoms with Crippen LogP contribution < -0.4 is 10.1 Å². The Kier molecular flexibility index (Phi) is 7.60. The second kappa shape index (κ2) is 10.6. The van der Waals surface area contributed by atoms with Crippen LogP contribution in [0.2, 0.25) is 5.02 Å². The zero-order valence-electron chi connectivity index (χ0n) is 19.1. The van der Waals surface area contributed by atoms with Gasteiger partial charge in [-0.1, -0.05) is 67.5 Å². The molecule has 2 aromatic carbocycles. The van der Waals surface area contributed by atoms with E-state index in [4.69, 9.17) is 16.3 Å². The van der Waals surface area contributed by atoms with Gasteiger partial charge >= 0.3 is 0 Å². The molecule has 0 radical (unpaired) electrons. The Balaban J connectivity index is 1.44. The Morgan fingerprint density at radius 3 is 2.64 bits per heavy atom. The molecule has 0 spiro atoms. The Morgan fingerprint density at radius 2 is 1.91 bits per heavy atom. The Bertz CT molecular complexity index is 1120. The molecule has 1 aromatic heterocycles. The molecule has 2 unspecified atom stereocenters. The molecule has 0 bridgehead atoms. The fourth-order valence-corrected chi connectivity index (χ4v) is 4.72. The van der Waals surface area contributed by atoms with Crippen molar-refractivity contribution in [2.24, 2.45) is 0 Å². The summed E-state index contributed by atoms with van der Waals surface area (Å²) in [5, 5.41) is 12.8. The highest BCUT2D eigenvalue weighted by Crippen LogP contribution is 2.40. The van der Waals surface area contributed by atoms with Crippen LogP contribution in [-0.4, -0.2) is 25.9 Å². The SMILES string of the molecule is CCC(C)c1ccccc1NC(=O)C(C)Sc1nnc(COc2ccccc2Cl)n1C1CC1. The van der Waals surface area contributed by atoms with Crippen LogP contribution in [-0.2, 0) is 11.4 Å². The van der Waals surface area contributed by atoms with E-state index in [0.29, 0.717) is 22.7 Å². The van der Waals surface area contributed by atoms with E-state index in [1.807, 2.05) is 43.3 Å². The highest BCUT2D eigenvalue weighted by molar-refractivity contribution is 8.00. The molecule has 33 heavy (non-hydrogen) atoms. The molecule has 2 atom stereocenters. The number of hydrogen-bond donors (Lipinski definition) is 1. The fourth-order valence-electron chi connectivity index (χ4n) is 3.60. The van der Waals surface area contributed by atoms with Gasteiger partial charge in [-0.05, 0) is 55.9 Å². The standard InChI is InChI=1S/C25H29ClN4O2S/c1-4-16(2)19-9-5-7-11-21(19)27-24(31)17(3)33-25-29-28-23(30(25)18-13-14-18)15-32-22-12-8-6-10-20(22)26/h5-12,16-18H,4,13-15H2,1-3H3,(H,27,31). The van der Waals surface area contributed by atoms with Crippen molar-refractivity contribution in [1.82, 2.24) is 14.8 Å². The van der Waals surface area contributed by atoms with Crippen molar-refractivity contribution in [2.75, 3.05) is 5.32 Å². The average Bonchev–Trinajstić information content (AvgIpc) is 3.59. The molecule has 174 valence electrons. The molecule has 1 saturated carbocycles. The molecular weight excluding hydrogens is 456 g/mol. The van der Waals surface area contributed by atoms with E-state index in [2.05, 4.69) is 40.0 Å². The number of ether oxygens (including phenoxy) is 1. The minimum atomic E-state index is -0.325. The monoisotopic (exact) mass is 484 g/mol. The predicted molar refractivity (Wildman–Crippen MR) is 133 cm³/mol. The summed E-state index contributed by atoms with van der Waals surface area (Å²) < 4.78 is 8.00. The van der Waals surface area contributed by atoms with E-state index >= 15 is 0 Å². The minimum absolute atomic E-state index is 0.0463. The van der Waals surface area contributed by atoms with Crippen molar-refractivity contribution in [1.29, 1.82) is 0 Å². The molecule has 1 N–H and O–H groups in total. The molecule has 1 fully saturated rings. The Hall–Kier alpha value is -2.51. The molecule has 4 rings (SSSR count). The fraction of sp³-hybridized carbons (Fsp3) is 0.400. The Labute approximate surface area is 204 Å². The van der Waals surface area contributed by atoms with E-state index in [9.17, 15) is 4.79 Å². The normalized spacial score (nSPS) is 15.2. The molecule has 1 aliphatic rings. The largest absolute Gasteiger partial charge is 0.484 e. The highest BCUT2D eigenvalue weighted by Gasteiger charge is 2.31. The third kappa shape index (κ3) is 5.71. The number of para-hydroxylation sites is 2. The van der Waals surface area contributed by atoms with Crippen molar-refractivity contribution in [3.05, 3.63) is 64.9 Å². The van der Waals surface area contributed by atoms with E-state index in [1.165, 1.54) is 11.8 Å². The van der Waals surface area contributed by atoms with E-state index in [-0.39, 0.29) is 17.8 Å². The summed E-state index contributed by atoms with van der Waals surface area (Å²) in [7, 11) is 0. The van der Waals surface area contributed by atoms with Crippen molar-refractivity contribution in [2.45, 2.75) is 69.0 Å². The summed E-state index contributed by atoms with van der Waals surface area (Å²) in [4.78, 5) is 13.0. The maximum atomic E-state index is 13.0. The second-order valence-corrected chi connectivity index (χ2v) is 10.1. The van der Waals surface area contributed by atoms with Crippen LogP contribution >= 0.6 is 23.4 Å². The summed E-state index contributed by atoms with van der Waals surface area (Å²) in [5.41, 5.74) is 2.03. The van der Waals surface area contributed by atoms with Gasteiger partial charge in [-0.25, -0.2) is 0 Å². The lowest BCUT2D eigenvalue weighted by molar-refractivity contribution is -0.115. The first kappa shape index (κ1) is 23.6. The summed E-state index contributed by atoms with van der Waals surface area (Å²) in [6.07, 6.45) is 3.17. The summed E-state index contributed by atoms with van der Waals surface area (Å²) >= 11 is 7.63. The summed E-state index contributed by atoms with van der Waals surface area (Å²) in [5.74, 6) is 1.69. The number of thioether (sulfide) groups is 1. The van der Waals surface area contributed by atoms with Gasteiger partial charge in [0.2, 0.25) is 5.91 Å². The molecule has 1 heterocycles. The topological polar surface area (TPSA) is 69.0 Å². The van der Waals surface area contributed by atoms with Crippen LogP contribution in [0.25, 0.3) is 0 Å². The van der Waals surface area contributed by atoms with Crippen LogP contribution in [0, 0.1) is 0 Å². The van der Waals surface area contributed by atoms with Gasteiger partial charge < -0.3 is 10.1 Å². The summed E-state index contributed by atoms with van der Waals surface area (Å²) in [6.45, 7) is 6.50. The van der Waals surface area contributed by atoms with Gasteiger partial charge in [0.15, 0.2) is 11.0 Å². The van der Waals surface area contributed by atoms with E-state index in [1.54, 1.807) is 6.07 Å². The zero-order valence-corrected chi connectivity index (χ0v) is 20.7. The van der Waals surface area contributed by atoms with Crippen molar-refractivity contribution in [3.63, 3.8) is 0 Å². The minimum Gasteiger partial charge on any atom is -0.484 e. The van der Waals surface area contributed by atoms with Crippen LogP contribution in [0.5, 0.6) is 5.75 Å². The number of anilines is 1. The van der Waals surface area contributed by atoms with Gasteiger partial charge in [0, 0.05) is 11.7 Å². The number of aromatic nitrogens is 3. The molecule has 3 aromatic rings. The van der Waals surface area contributed by atoms with Crippen molar-refractivity contribution in [3.8, 4) is 5.75 Å². The first-order valence-corrected chi connectivity index (χ1v) is 12.6. The van der Waals surface area contributed by atoms with Gasteiger partial charge in [-0.2, -0.15) is 0 Å². The van der Waals surface area contributed by atoms with Gasteiger partial charge in [-0.15, -0.1) is 10.2 Å². The molecule has 1 aliphatic carbocycles. The second-order valence-electron chi connectivity index (χ2n) is 8.36.